The number of ether oxygens (including phenoxy) is 1. The Labute approximate surface area is 140 Å². The first-order valence-corrected chi connectivity index (χ1v) is 7.99. The smallest absolute Gasteiger partial charge is 0.405 e. The molecule has 132 valence electrons. The molecule has 24 heavy (non-hydrogen) atoms. The molecule has 1 aromatic heterocycles. The van der Waals surface area contributed by atoms with Crippen LogP contribution in [-0.4, -0.2) is 52.0 Å². The zero-order chi connectivity index (χ0) is 17.5. The van der Waals surface area contributed by atoms with Crippen molar-refractivity contribution in [2.75, 3.05) is 13.2 Å². The van der Waals surface area contributed by atoms with E-state index < -0.39 is 12.1 Å². The fraction of sp³-hybridized carbons (Fsp3) is 0.562. The van der Waals surface area contributed by atoms with Crippen LogP contribution in [0.5, 0.6) is 0 Å². The van der Waals surface area contributed by atoms with Gasteiger partial charge in [0.1, 0.15) is 6.04 Å². The first-order chi connectivity index (χ1) is 11.5. The minimum atomic E-state index is -1.24. The zero-order valence-corrected chi connectivity index (χ0v) is 13.9. The van der Waals surface area contributed by atoms with E-state index in [4.69, 9.17) is 9.84 Å². The average Bonchev–Trinajstić information content (AvgIpc) is 2.94. The molecule has 2 atom stereocenters. The van der Waals surface area contributed by atoms with Gasteiger partial charge in [0.25, 0.3) is 0 Å². The number of aromatic nitrogens is 2. The predicted octanol–water partition coefficient (Wildman–Crippen LogP) is 0.789. The van der Waals surface area contributed by atoms with Crippen LogP contribution in [0.15, 0.2) is 24.7 Å². The molecule has 1 aliphatic heterocycles. The summed E-state index contributed by atoms with van der Waals surface area (Å²) in [5.41, 5.74) is 0.659. The lowest BCUT2D eigenvalue weighted by atomic mass is 10.0. The fourth-order valence-electron chi connectivity index (χ4n) is 2.39. The highest BCUT2D eigenvalue weighted by atomic mass is 16.5. The third-order valence-electron chi connectivity index (χ3n) is 3.84. The minimum absolute atomic E-state index is 0.163. The van der Waals surface area contributed by atoms with Crippen LogP contribution in [0.4, 0.5) is 4.79 Å². The van der Waals surface area contributed by atoms with Crippen molar-refractivity contribution >= 4 is 12.0 Å². The Kier molecular flexibility index (Phi) is 6.36. The highest BCUT2D eigenvalue weighted by molar-refractivity contribution is 5.85. The summed E-state index contributed by atoms with van der Waals surface area (Å²) in [5.74, 6) is -0.211. The summed E-state index contributed by atoms with van der Waals surface area (Å²) in [4.78, 5) is 27.8. The summed E-state index contributed by atoms with van der Waals surface area (Å²) in [6, 6.07) is -1.09. The highest BCUT2D eigenvalue weighted by Crippen LogP contribution is 2.07. The van der Waals surface area contributed by atoms with Crippen molar-refractivity contribution in [3.63, 3.8) is 0 Å². The number of fused-ring (bicyclic) bond motifs is 2. The summed E-state index contributed by atoms with van der Waals surface area (Å²) in [7, 11) is 0. The van der Waals surface area contributed by atoms with Crippen molar-refractivity contribution in [3.8, 4) is 0 Å². The number of hydrogen-bond acceptors (Lipinski definition) is 4. The van der Waals surface area contributed by atoms with Crippen molar-refractivity contribution in [1.29, 1.82) is 0 Å². The third kappa shape index (κ3) is 5.38. The number of nitrogens with zero attached hydrogens (tertiary/aromatic N) is 2. The molecular weight excluding hydrogens is 312 g/mol. The molecule has 0 spiro atoms. The van der Waals surface area contributed by atoms with E-state index in [0.717, 1.165) is 0 Å². The highest BCUT2D eigenvalue weighted by Gasteiger charge is 2.25. The molecule has 0 fully saturated rings. The predicted molar refractivity (Wildman–Crippen MR) is 87.6 cm³/mol. The van der Waals surface area contributed by atoms with E-state index in [-0.39, 0.29) is 24.3 Å². The second-order valence-electron chi connectivity index (χ2n) is 6.14. The van der Waals surface area contributed by atoms with Gasteiger partial charge in [0.15, 0.2) is 0 Å². The summed E-state index contributed by atoms with van der Waals surface area (Å²) in [6.45, 7) is 5.43. The molecule has 0 saturated heterocycles. The maximum atomic E-state index is 12.5. The van der Waals surface area contributed by atoms with Gasteiger partial charge >= 0.3 is 6.09 Å². The van der Waals surface area contributed by atoms with Gasteiger partial charge < -0.3 is 25.0 Å². The number of carbonyl (C=O) groups is 2. The maximum absolute atomic E-state index is 12.5. The molecule has 2 bridgehead atoms. The van der Waals surface area contributed by atoms with Crippen LogP contribution in [0.1, 0.15) is 19.5 Å². The van der Waals surface area contributed by atoms with Crippen molar-refractivity contribution in [3.05, 3.63) is 30.4 Å². The SMILES string of the molecule is CC(C)[C@H]1COC/C=C\Cn2cnc(c2)C[C@@H](NC(=O)O)C(=O)N1. The van der Waals surface area contributed by atoms with Crippen LogP contribution in [0.25, 0.3) is 0 Å². The van der Waals surface area contributed by atoms with Crippen molar-refractivity contribution < 1.29 is 19.4 Å². The molecule has 1 aliphatic rings. The summed E-state index contributed by atoms with van der Waals surface area (Å²) in [5, 5.41) is 14.2. The van der Waals surface area contributed by atoms with Gasteiger partial charge in [-0.2, -0.15) is 0 Å². The molecule has 0 aliphatic carbocycles. The van der Waals surface area contributed by atoms with Gasteiger partial charge in [0.2, 0.25) is 5.91 Å². The molecule has 2 rings (SSSR count). The molecule has 3 N–H and O–H groups in total. The first kappa shape index (κ1) is 18.0. The molecule has 1 aromatic rings. The van der Waals surface area contributed by atoms with E-state index >= 15 is 0 Å². The normalized spacial score (nSPS) is 24.0. The van der Waals surface area contributed by atoms with Crippen LogP contribution in [0.3, 0.4) is 0 Å². The number of nitrogens with one attached hydrogen (secondary N) is 2. The molecule has 0 saturated carbocycles. The van der Waals surface area contributed by atoms with Gasteiger partial charge in [-0.1, -0.05) is 26.0 Å². The lowest BCUT2D eigenvalue weighted by molar-refractivity contribution is -0.124. The van der Waals surface area contributed by atoms with Crippen molar-refractivity contribution in [2.24, 2.45) is 5.92 Å². The number of rotatable bonds is 2. The van der Waals surface area contributed by atoms with E-state index in [0.29, 0.717) is 25.5 Å². The van der Waals surface area contributed by atoms with Crippen LogP contribution < -0.4 is 10.6 Å². The number of amides is 2. The second kappa shape index (κ2) is 8.49. The third-order valence-corrected chi connectivity index (χ3v) is 3.84. The topological polar surface area (TPSA) is 105 Å². The number of hydrogen-bond donors (Lipinski definition) is 3. The Balaban J connectivity index is 2.21. The Morgan fingerprint density at radius 1 is 1.50 bits per heavy atom. The number of carbonyl (C=O) groups excluding carboxylic acids is 1. The van der Waals surface area contributed by atoms with Crippen LogP contribution in [0, 0.1) is 5.92 Å². The second-order valence-corrected chi connectivity index (χ2v) is 6.14. The quantitative estimate of drug-likeness (QED) is 0.693. The van der Waals surface area contributed by atoms with Gasteiger partial charge in [-0.25, -0.2) is 9.78 Å². The fourth-order valence-corrected chi connectivity index (χ4v) is 2.39. The Bertz CT molecular complexity index is 597. The largest absolute Gasteiger partial charge is 0.465 e. The van der Waals surface area contributed by atoms with E-state index in [1.807, 2.05) is 30.6 Å². The Hall–Kier alpha value is -2.35. The van der Waals surface area contributed by atoms with Gasteiger partial charge in [0, 0.05) is 19.2 Å². The van der Waals surface area contributed by atoms with Gasteiger partial charge in [-0.15, -0.1) is 0 Å². The monoisotopic (exact) mass is 336 g/mol. The van der Waals surface area contributed by atoms with Gasteiger partial charge in [0.05, 0.1) is 31.3 Å². The molecule has 8 nitrogen and oxygen atoms in total. The Morgan fingerprint density at radius 3 is 3.00 bits per heavy atom. The van der Waals surface area contributed by atoms with E-state index in [9.17, 15) is 9.59 Å². The van der Waals surface area contributed by atoms with Gasteiger partial charge in [-0.05, 0) is 5.92 Å². The van der Waals surface area contributed by atoms with Crippen LogP contribution >= 0.6 is 0 Å². The minimum Gasteiger partial charge on any atom is -0.465 e. The summed E-state index contributed by atoms with van der Waals surface area (Å²) < 4.78 is 7.46. The lowest BCUT2D eigenvalue weighted by Crippen LogP contribution is -2.52. The van der Waals surface area contributed by atoms with Crippen molar-refractivity contribution in [1.82, 2.24) is 20.2 Å². The average molecular weight is 336 g/mol. The molecule has 2 amide bonds. The standard InChI is InChI=1S/C16H24N4O4/c1-11(2)14-9-24-6-4-3-5-20-8-12(17-10-20)7-13(15(21)18-14)19-16(22)23/h3-4,8,10-11,13-14,19H,5-7,9H2,1-2H3,(H,18,21)(H,22,23)/b4-3-/t13-,14-/m1/s1. The molecule has 0 aromatic carbocycles. The molecule has 8 heteroatoms. The number of imidazole rings is 1. The summed E-state index contributed by atoms with van der Waals surface area (Å²) in [6.07, 6.45) is 6.33. The summed E-state index contributed by atoms with van der Waals surface area (Å²) >= 11 is 0. The number of allylic oxidation sites excluding steroid dienone is 1. The van der Waals surface area contributed by atoms with E-state index in [1.165, 1.54) is 0 Å². The van der Waals surface area contributed by atoms with Gasteiger partial charge in [-0.3, -0.25) is 4.79 Å². The van der Waals surface area contributed by atoms with Crippen LogP contribution in [0.2, 0.25) is 0 Å². The first-order valence-electron chi connectivity index (χ1n) is 7.99. The Morgan fingerprint density at radius 2 is 2.29 bits per heavy atom. The van der Waals surface area contributed by atoms with E-state index in [2.05, 4.69) is 15.6 Å². The maximum Gasteiger partial charge on any atom is 0.405 e. The lowest BCUT2D eigenvalue weighted by Gasteiger charge is -2.25. The van der Waals surface area contributed by atoms with Crippen LogP contribution in [-0.2, 0) is 22.5 Å². The molecule has 2 heterocycles. The molecular formula is C16H24N4O4. The molecule has 0 radical (unpaired) electrons. The van der Waals surface area contributed by atoms with E-state index in [1.54, 1.807) is 12.5 Å². The van der Waals surface area contributed by atoms with Crippen molar-refractivity contribution in [2.45, 2.75) is 38.9 Å². The number of carboxylic acid groups (broad SMARTS) is 1. The zero-order valence-electron chi connectivity index (χ0n) is 13.9. The molecule has 0 unspecified atom stereocenters.